The summed E-state index contributed by atoms with van der Waals surface area (Å²) in [4.78, 5) is 12.3. The molecule has 164 valence electrons. The maximum absolute atomic E-state index is 13.1. The number of carbonyl (C=O) groups excluding carboxylic acids is 1. The quantitative estimate of drug-likeness (QED) is 0.481. The molecule has 0 saturated heterocycles. The van der Waals surface area contributed by atoms with Gasteiger partial charge in [0.15, 0.2) is 0 Å². The van der Waals surface area contributed by atoms with Gasteiger partial charge in [0.1, 0.15) is 5.78 Å². The third-order valence-electron chi connectivity index (χ3n) is 5.25. The van der Waals surface area contributed by atoms with Crippen molar-refractivity contribution >= 4 is 5.78 Å². The van der Waals surface area contributed by atoms with Gasteiger partial charge < -0.3 is 4.74 Å². The second-order valence-electron chi connectivity index (χ2n) is 7.01. The summed E-state index contributed by atoms with van der Waals surface area (Å²) in [5.74, 6) is 0.00297. The lowest BCUT2D eigenvalue weighted by molar-refractivity contribution is -0.137. The van der Waals surface area contributed by atoms with Crippen LogP contribution in [0, 0.1) is 0 Å². The average molecular weight is 432 g/mol. The summed E-state index contributed by atoms with van der Waals surface area (Å²) in [6, 6.07) is 11.3. The molecule has 1 aliphatic rings. The molecule has 0 N–H and O–H groups in total. The summed E-state index contributed by atoms with van der Waals surface area (Å²) >= 11 is 0. The molecule has 0 aliphatic heterocycles. The number of rotatable bonds is 6. The lowest BCUT2D eigenvalue weighted by Crippen LogP contribution is -2.48. The van der Waals surface area contributed by atoms with Gasteiger partial charge in [-0.05, 0) is 42.7 Å². The van der Waals surface area contributed by atoms with E-state index in [2.05, 4.69) is 0 Å². The molecule has 0 heterocycles. The molecule has 2 unspecified atom stereocenters. The van der Waals surface area contributed by atoms with E-state index in [-0.39, 0.29) is 18.0 Å². The Balaban J connectivity index is 0.00000155. The van der Waals surface area contributed by atoms with Crippen LogP contribution in [0.5, 0.6) is 0 Å². The van der Waals surface area contributed by atoms with Crippen molar-refractivity contribution in [3.05, 3.63) is 70.8 Å². The molecular weight excluding hydrogens is 410 g/mol. The molecule has 2 aromatic rings. The first-order valence-electron chi connectivity index (χ1n) is 9.22. The van der Waals surface area contributed by atoms with Crippen molar-refractivity contribution in [3.63, 3.8) is 0 Å². The Labute approximate surface area is 170 Å². The number of ketones is 1. The molecule has 2 nitrogen and oxygen atoms in total. The number of benzene rings is 2. The predicted octanol–water partition coefficient (Wildman–Crippen LogP) is 6.61. The standard InChI is InChI=1S/C21H19F5O2.CH3F/c1-13(14-9-15(19(22)23)11-17(10-14)21(24,25)26)28-12-20(8-7-18(20)27)16-5-3-2-4-6-16;1-2/h2-6,9-11,13,19H,7-8,12H2,1H3;1H3. The summed E-state index contributed by atoms with van der Waals surface area (Å²) in [6.07, 6.45) is -7.67. The molecule has 3 rings (SSSR count). The fourth-order valence-electron chi connectivity index (χ4n) is 3.39. The van der Waals surface area contributed by atoms with E-state index in [0.29, 0.717) is 26.1 Å². The minimum absolute atomic E-state index is 0.000101. The highest BCUT2D eigenvalue weighted by atomic mass is 19.4. The highest BCUT2D eigenvalue weighted by molar-refractivity contribution is 5.96. The van der Waals surface area contributed by atoms with Crippen molar-refractivity contribution in [1.29, 1.82) is 0 Å². The maximum Gasteiger partial charge on any atom is 0.416 e. The SMILES string of the molecule is CC(OCC1(c2ccccc2)CCC1=O)c1cc(C(F)F)cc(C(F)(F)F)c1.CF. The molecule has 1 fully saturated rings. The number of ether oxygens (including phenoxy) is 1. The molecule has 0 radical (unpaired) electrons. The number of halogens is 6. The van der Waals surface area contributed by atoms with Gasteiger partial charge in [0.25, 0.3) is 6.43 Å². The van der Waals surface area contributed by atoms with E-state index < -0.39 is 35.2 Å². The normalized spacial score (nSPS) is 19.7. The lowest BCUT2D eigenvalue weighted by atomic mass is 9.64. The van der Waals surface area contributed by atoms with Gasteiger partial charge in [-0.2, -0.15) is 13.2 Å². The fraction of sp³-hybridized carbons (Fsp3) is 0.409. The van der Waals surface area contributed by atoms with E-state index in [1.807, 2.05) is 18.2 Å². The zero-order valence-corrected chi connectivity index (χ0v) is 16.5. The fourth-order valence-corrected chi connectivity index (χ4v) is 3.39. The van der Waals surface area contributed by atoms with Gasteiger partial charge >= 0.3 is 6.18 Å². The van der Waals surface area contributed by atoms with Gasteiger partial charge in [-0.1, -0.05) is 30.3 Å². The molecule has 0 amide bonds. The molecule has 2 aromatic carbocycles. The monoisotopic (exact) mass is 432 g/mol. The Bertz CT molecular complexity index is 850. The van der Waals surface area contributed by atoms with E-state index in [1.165, 1.54) is 6.92 Å². The van der Waals surface area contributed by atoms with Crippen LogP contribution >= 0.6 is 0 Å². The topological polar surface area (TPSA) is 26.3 Å². The number of carbonyl (C=O) groups is 1. The number of hydrogen-bond acceptors (Lipinski definition) is 2. The van der Waals surface area contributed by atoms with Crippen LogP contribution in [0.25, 0.3) is 0 Å². The zero-order valence-electron chi connectivity index (χ0n) is 16.5. The molecule has 0 bridgehead atoms. The Morgan fingerprint density at radius 1 is 1.03 bits per heavy atom. The smallest absolute Gasteiger partial charge is 0.372 e. The molecule has 1 aliphatic carbocycles. The van der Waals surface area contributed by atoms with E-state index >= 15 is 0 Å². The average Bonchev–Trinajstić information content (AvgIpc) is 2.74. The second kappa shape index (κ2) is 9.64. The Morgan fingerprint density at radius 3 is 2.10 bits per heavy atom. The van der Waals surface area contributed by atoms with E-state index in [1.54, 1.807) is 12.1 Å². The highest BCUT2D eigenvalue weighted by Gasteiger charge is 2.47. The molecular formula is C22H22F6O2. The number of alkyl halides is 6. The van der Waals surface area contributed by atoms with Crippen molar-refractivity contribution in [3.8, 4) is 0 Å². The molecule has 1 saturated carbocycles. The number of Topliss-reactive ketones (excluding diaryl/α,β-unsaturated/α-hetero) is 1. The summed E-state index contributed by atoms with van der Waals surface area (Å²) in [5, 5.41) is 0. The van der Waals surface area contributed by atoms with Crippen LogP contribution in [-0.4, -0.2) is 19.6 Å². The van der Waals surface area contributed by atoms with E-state index in [9.17, 15) is 31.1 Å². The van der Waals surface area contributed by atoms with Crippen LogP contribution in [0.1, 0.15) is 54.5 Å². The van der Waals surface area contributed by atoms with E-state index in [4.69, 9.17) is 4.74 Å². The van der Waals surface area contributed by atoms with Crippen LogP contribution in [0.4, 0.5) is 26.3 Å². The van der Waals surface area contributed by atoms with Crippen molar-refractivity contribution < 1.29 is 35.9 Å². The Morgan fingerprint density at radius 2 is 1.63 bits per heavy atom. The summed E-state index contributed by atoms with van der Waals surface area (Å²) in [5.41, 5.74) is -1.90. The third kappa shape index (κ3) is 5.03. The van der Waals surface area contributed by atoms with Gasteiger partial charge in [0.2, 0.25) is 0 Å². The first kappa shape index (κ1) is 23.9. The van der Waals surface area contributed by atoms with Gasteiger partial charge in [-0.15, -0.1) is 0 Å². The van der Waals surface area contributed by atoms with Crippen LogP contribution in [0.2, 0.25) is 0 Å². The lowest BCUT2D eigenvalue weighted by Gasteiger charge is -2.40. The third-order valence-corrected chi connectivity index (χ3v) is 5.25. The van der Waals surface area contributed by atoms with Crippen LogP contribution in [0.15, 0.2) is 48.5 Å². The predicted molar refractivity (Wildman–Crippen MR) is 100 cm³/mol. The van der Waals surface area contributed by atoms with Crippen molar-refractivity contribution in [2.75, 3.05) is 13.8 Å². The van der Waals surface area contributed by atoms with Gasteiger partial charge in [0, 0.05) is 12.0 Å². The zero-order chi connectivity index (χ0) is 22.5. The first-order chi connectivity index (χ1) is 14.1. The summed E-state index contributed by atoms with van der Waals surface area (Å²) in [6.45, 7) is 1.48. The van der Waals surface area contributed by atoms with E-state index in [0.717, 1.165) is 17.7 Å². The van der Waals surface area contributed by atoms with Crippen molar-refractivity contribution in [2.24, 2.45) is 0 Å². The van der Waals surface area contributed by atoms with Gasteiger partial charge in [-0.3, -0.25) is 9.18 Å². The summed E-state index contributed by atoms with van der Waals surface area (Å²) in [7, 11) is 0.500. The highest BCUT2D eigenvalue weighted by Crippen LogP contribution is 2.42. The molecule has 8 heteroatoms. The molecule has 0 spiro atoms. The Hall–Kier alpha value is -2.35. The van der Waals surface area contributed by atoms with Crippen LogP contribution in [-0.2, 0) is 21.1 Å². The van der Waals surface area contributed by atoms with Crippen LogP contribution in [0.3, 0.4) is 0 Å². The minimum Gasteiger partial charge on any atom is -0.372 e. The maximum atomic E-state index is 13.1. The number of hydrogen-bond donors (Lipinski definition) is 0. The first-order valence-corrected chi connectivity index (χ1v) is 9.22. The second-order valence-corrected chi connectivity index (χ2v) is 7.01. The molecule has 2 atom stereocenters. The molecule has 30 heavy (non-hydrogen) atoms. The Kier molecular flexibility index (Phi) is 7.69. The van der Waals surface area contributed by atoms with Crippen molar-refractivity contribution in [2.45, 2.75) is 43.9 Å². The minimum atomic E-state index is -4.74. The van der Waals surface area contributed by atoms with Gasteiger partial charge in [-0.25, -0.2) is 8.78 Å². The van der Waals surface area contributed by atoms with Crippen molar-refractivity contribution in [1.82, 2.24) is 0 Å². The van der Waals surface area contributed by atoms with Crippen LogP contribution < -0.4 is 0 Å². The summed E-state index contributed by atoms with van der Waals surface area (Å²) < 4.78 is 80.5. The molecule has 0 aromatic heterocycles. The van der Waals surface area contributed by atoms with Gasteiger partial charge in [0.05, 0.1) is 30.9 Å². The largest absolute Gasteiger partial charge is 0.416 e.